The van der Waals surface area contributed by atoms with Crippen LogP contribution in [0.15, 0.2) is 0 Å². The quantitative estimate of drug-likeness (QED) is 0.337. The molecule has 53 heavy (non-hydrogen) atoms. The van der Waals surface area contributed by atoms with Gasteiger partial charge in [0.25, 0.3) is 0 Å². The Morgan fingerprint density at radius 1 is 0.906 bits per heavy atom. The highest BCUT2D eigenvalue weighted by Crippen LogP contribution is 2.89. The fraction of sp³-hybridized carbons (Fsp3) is 0.977. The Labute approximate surface area is 320 Å². The molecule has 10 nitrogen and oxygen atoms in total. The molecule has 0 aromatic heterocycles. The molecule has 3 heterocycles. The van der Waals surface area contributed by atoms with Crippen LogP contribution in [-0.2, 0) is 18.9 Å². The van der Waals surface area contributed by atoms with Gasteiger partial charge in [-0.15, -0.1) is 0 Å². The summed E-state index contributed by atoms with van der Waals surface area (Å²) in [7, 11) is 0. The van der Waals surface area contributed by atoms with Crippen molar-refractivity contribution in [1.82, 2.24) is 14.7 Å². The van der Waals surface area contributed by atoms with Crippen molar-refractivity contribution in [3.63, 3.8) is 0 Å². The van der Waals surface area contributed by atoms with E-state index in [2.05, 4.69) is 44.4 Å². The summed E-state index contributed by atoms with van der Waals surface area (Å²) in [6.45, 7) is 27.3. The number of aliphatic hydroxyl groups excluding tert-OH is 1. The van der Waals surface area contributed by atoms with Gasteiger partial charge in [0.2, 0.25) is 0 Å². The molecule has 2 N–H and O–H groups in total. The van der Waals surface area contributed by atoms with Crippen LogP contribution in [0.5, 0.6) is 0 Å². The molecule has 3 aliphatic heterocycles. The van der Waals surface area contributed by atoms with Gasteiger partial charge in [-0.2, -0.15) is 0 Å². The number of rotatable bonds is 8. The number of fused-ring (bicyclic) bond motifs is 4. The fourth-order valence-corrected chi connectivity index (χ4v) is 15.1. The number of amides is 1. The largest absolute Gasteiger partial charge is 0.446 e. The topological polar surface area (TPSA) is 104 Å². The minimum atomic E-state index is -1.03. The van der Waals surface area contributed by atoms with E-state index in [1.807, 2.05) is 25.7 Å². The Bertz CT molecular complexity index is 1360. The van der Waals surface area contributed by atoms with E-state index in [0.717, 1.165) is 104 Å². The first-order valence-electron chi connectivity index (χ1n) is 21.7. The first-order chi connectivity index (χ1) is 25.0. The summed E-state index contributed by atoms with van der Waals surface area (Å²) in [6, 6.07) is 0. The molecule has 0 radical (unpaired) electrons. The highest BCUT2D eigenvalue weighted by atomic mass is 16.6. The smallest absolute Gasteiger partial charge is 0.410 e. The second-order valence-electron chi connectivity index (χ2n) is 20.7. The predicted molar refractivity (Wildman–Crippen MR) is 203 cm³/mol. The number of aliphatic hydroxyl groups is 2. The number of piperazine rings is 1. The summed E-state index contributed by atoms with van der Waals surface area (Å²) in [6.07, 6.45) is 7.11. The molecule has 8 fully saturated rings. The maximum Gasteiger partial charge on any atom is 0.410 e. The van der Waals surface area contributed by atoms with Gasteiger partial charge >= 0.3 is 6.09 Å². The molecule has 0 aromatic rings. The minimum Gasteiger partial charge on any atom is -0.446 e. The molecule has 1 amide bonds. The van der Waals surface area contributed by atoms with E-state index in [1.54, 1.807) is 0 Å². The van der Waals surface area contributed by atoms with Crippen LogP contribution in [0, 0.1) is 50.7 Å². The van der Waals surface area contributed by atoms with Gasteiger partial charge in [0, 0.05) is 69.8 Å². The standard InChI is InChI=1S/C43H73N3O7/c1-9-51-36(39(5,6)49)29-26-28(2)33-34(52-29)35(47)41(8)31-11-10-30-38(3,4)32(12-13-42(30)27-43(31,42)15-14-40(33,41)7)53-37(48)46-20-18-44(19-21-46)16-17-45-22-24-50-25-23-45/h28-36,47,49H,9-27H2,1-8H3/t28-,29-,30+,31+,32+,33+,34+,35+,36+,40-,41-,42-,43+/m1/s1. The van der Waals surface area contributed by atoms with Crippen molar-refractivity contribution in [1.29, 1.82) is 0 Å². The predicted octanol–water partition coefficient (Wildman–Crippen LogP) is 5.43. The number of ether oxygens (including phenoxy) is 4. The van der Waals surface area contributed by atoms with Crippen LogP contribution in [0.1, 0.15) is 107 Å². The summed E-state index contributed by atoms with van der Waals surface area (Å²) < 4.78 is 25.1. The van der Waals surface area contributed by atoms with E-state index < -0.39 is 17.8 Å². The second-order valence-corrected chi connectivity index (χ2v) is 20.7. The summed E-state index contributed by atoms with van der Waals surface area (Å²) in [4.78, 5) is 20.6. The number of morpholine rings is 1. The monoisotopic (exact) mass is 744 g/mol. The van der Waals surface area contributed by atoms with Gasteiger partial charge in [-0.3, -0.25) is 9.80 Å². The third-order valence-electron chi connectivity index (χ3n) is 17.9. The van der Waals surface area contributed by atoms with Crippen molar-refractivity contribution >= 4 is 6.09 Å². The van der Waals surface area contributed by atoms with Gasteiger partial charge in [-0.25, -0.2) is 4.79 Å². The van der Waals surface area contributed by atoms with Crippen molar-refractivity contribution in [3.8, 4) is 0 Å². The molecule has 2 spiro atoms. The highest BCUT2D eigenvalue weighted by Gasteiger charge is 2.85. The molecule has 5 aliphatic carbocycles. The third kappa shape index (κ3) is 5.82. The maximum atomic E-state index is 13.7. The molecular formula is C43H73N3O7. The number of hydrogen-bond acceptors (Lipinski definition) is 9. The van der Waals surface area contributed by atoms with Gasteiger partial charge < -0.3 is 34.1 Å². The Balaban J connectivity index is 0.935. The molecule has 5 saturated carbocycles. The molecule has 302 valence electrons. The van der Waals surface area contributed by atoms with Gasteiger partial charge in [0.05, 0.1) is 37.1 Å². The van der Waals surface area contributed by atoms with E-state index in [4.69, 9.17) is 18.9 Å². The van der Waals surface area contributed by atoms with Crippen molar-refractivity contribution in [2.45, 2.75) is 143 Å². The molecular weight excluding hydrogens is 670 g/mol. The zero-order valence-electron chi connectivity index (χ0n) is 34.4. The first-order valence-corrected chi connectivity index (χ1v) is 21.7. The molecule has 0 bridgehead atoms. The minimum absolute atomic E-state index is 0.0153. The Morgan fingerprint density at radius 2 is 1.55 bits per heavy atom. The van der Waals surface area contributed by atoms with Gasteiger partial charge in [0.15, 0.2) is 0 Å². The lowest BCUT2D eigenvalue weighted by molar-refractivity contribution is -0.215. The zero-order valence-corrected chi connectivity index (χ0v) is 34.4. The molecule has 10 heteroatoms. The Kier molecular flexibility index (Phi) is 9.93. The van der Waals surface area contributed by atoms with Crippen LogP contribution in [-0.4, -0.2) is 139 Å². The van der Waals surface area contributed by atoms with Gasteiger partial charge in [-0.05, 0) is 112 Å². The van der Waals surface area contributed by atoms with E-state index in [9.17, 15) is 15.0 Å². The highest BCUT2D eigenvalue weighted by molar-refractivity contribution is 5.68. The number of carbonyl (C=O) groups is 1. The summed E-state index contributed by atoms with van der Waals surface area (Å²) >= 11 is 0. The van der Waals surface area contributed by atoms with Crippen LogP contribution < -0.4 is 0 Å². The van der Waals surface area contributed by atoms with Crippen LogP contribution in [0.4, 0.5) is 4.79 Å². The lowest BCUT2D eigenvalue weighted by atomic mass is 9.41. The van der Waals surface area contributed by atoms with E-state index in [1.165, 1.54) is 12.8 Å². The second kappa shape index (κ2) is 13.5. The normalized spacial score (nSPS) is 47.4. The van der Waals surface area contributed by atoms with Crippen LogP contribution in [0.3, 0.4) is 0 Å². The molecule has 8 rings (SSSR count). The lowest BCUT2D eigenvalue weighted by Gasteiger charge is -2.63. The van der Waals surface area contributed by atoms with Crippen LogP contribution >= 0.6 is 0 Å². The Morgan fingerprint density at radius 3 is 2.21 bits per heavy atom. The molecule has 0 unspecified atom stereocenters. The average molecular weight is 744 g/mol. The van der Waals surface area contributed by atoms with Crippen molar-refractivity contribution in [2.75, 3.05) is 72.2 Å². The molecule has 13 atom stereocenters. The van der Waals surface area contributed by atoms with E-state index in [-0.39, 0.29) is 57.4 Å². The average Bonchev–Trinajstić information content (AvgIpc) is 3.75. The summed E-state index contributed by atoms with van der Waals surface area (Å²) in [5, 5.41) is 23.7. The van der Waals surface area contributed by atoms with Crippen LogP contribution in [0.2, 0.25) is 0 Å². The number of carbonyl (C=O) groups excluding carboxylic acids is 1. The summed E-state index contributed by atoms with van der Waals surface area (Å²) in [5.41, 5.74) is -0.875. The van der Waals surface area contributed by atoms with E-state index >= 15 is 0 Å². The molecule has 0 aromatic carbocycles. The maximum absolute atomic E-state index is 13.7. The van der Waals surface area contributed by atoms with Crippen LogP contribution in [0.25, 0.3) is 0 Å². The number of hydrogen-bond donors (Lipinski definition) is 2. The number of nitrogens with zero attached hydrogens (tertiary/aromatic N) is 3. The Hall–Kier alpha value is -1.01. The van der Waals surface area contributed by atoms with Crippen molar-refractivity contribution in [3.05, 3.63) is 0 Å². The van der Waals surface area contributed by atoms with Crippen molar-refractivity contribution < 1.29 is 34.0 Å². The lowest BCUT2D eigenvalue weighted by Crippen LogP contribution is -2.60. The third-order valence-corrected chi connectivity index (χ3v) is 17.9. The van der Waals surface area contributed by atoms with E-state index in [0.29, 0.717) is 24.4 Å². The SMILES string of the molecule is CCO[C@@H]([C@H]1C[C@@H](C)[C@H]2[C@H](O1)[C@H](O)[C@@]1(C)[C@@H]3CC[C@H]4C(C)(C)[C@@H](OC(=O)N5CCN(CCN6CCOCC6)CC5)CC[C@@]45C[C@@]35CC[C@]21C)C(C)(C)O. The van der Waals surface area contributed by atoms with Gasteiger partial charge in [-0.1, -0.05) is 34.6 Å². The van der Waals surface area contributed by atoms with Gasteiger partial charge in [0.1, 0.15) is 12.2 Å². The van der Waals surface area contributed by atoms with Crippen molar-refractivity contribution in [2.24, 2.45) is 50.7 Å². The fourth-order valence-electron chi connectivity index (χ4n) is 15.1. The molecule has 8 aliphatic rings. The zero-order chi connectivity index (χ0) is 37.8. The summed E-state index contributed by atoms with van der Waals surface area (Å²) in [5.74, 6) is 1.62. The molecule has 3 saturated heterocycles. The first kappa shape index (κ1) is 38.8.